The van der Waals surface area contributed by atoms with Gasteiger partial charge < -0.3 is 15.6 Å². The Kier molecular flexibility index (Phi) is 3.08. The van der Waals surface area contributed by atoms with Crippen LogP contribution in [0.2, 0.25) is 0 Å². The molecule has 1 aliphatic heterocycles. The molecule has 7 heteroatoms. The maximum atomic E-state index is 13.7. The van der Waals surface area contributed by atoms with Crippen molar-refractivity contribution >= 4 is 45.5 Å². The lowest BCUT2D eigenvalue weighted by Gasteiger charge is -2.25. The molecule has 1 fully saturated rings. The van der Waals surface area contributed by atoms with Crippen molar-refractivity contribution in [3.63, 3.8) is 0 Å². The molecule has 1 amide bonds. The first-order valence-corrected chi connectivity index (χ1v) is 7.03. The molecule has 3 rings (SSSR count). The predicted molar refractivity (Wildman–Crippen MR) is 78.1 cm³/mol. The number of piperidine rings is 1. The summed E-state index contributed by atoms with van der Waals surface area (Å²) in [6.45, 7) is 0.502. The summed E-state index contributed by atoms with van der Waals surface area (Å²) in [7, 11) is 0. The van der Waals surface area contributed by atoms with Crippen LogP contribution in [0.3, 0.4) is 0 Å². The van der Waals surface area contributed by atoms with Crippen molar-refractivity contribution in [2.24, 2.45) is 0 Å². The van der Waals surface area contributed by atoms with Crippen molar-refractivity contribution in [1.29, 1.82) is 0 Å². The third-order valence-electron chi connectivity index (χ3n) is 3.36. The van der Waals surface area contributed by atoms with E-state index < -0.39 is 0 Å². The molecule has 1 unspecified atom stereocenters. The van der Waals surface area contributed by atoms with Crippen molar-refractivity contribution in [3.8, 4) is 0 Å². The predicted octanol–water partition coefficient (Wildman–Crippen LogP) is 1.81. The number of carbonyl (C=O) groups excluding carboxylic acids is 1. The molecule has 2 aromatic rings. The monoisotopic (exact) mass is 374 g/mol. The number of fused-ring (bicyclic) bond motifs is 1. The first-order chi connectivity index (χ1) is 9.06. The van der Waals surface area contributed by atoms with E-state index in [1.165, 1.54) is 6.07 Å². The van der Waals surface area contributed by atoms with Gasteiger partial charge >= 0.3 is 0 Å². The molecule has 5 nitrogen and oxygen atoms in total. The molecule has 0 spiro atoms. The molecule has 1 aromatic carbocycles. The van der Waals surface area contributed by atoms with Gasteiger partial charge in [-0.1, -0.05) is 0 Å². The molecule has 0 saturated carbocycles. The van der Waals surface area contributed by atoms with Gasteiger partial charge in [0.15, 0.2) is 0 Å². The molecule has 1 aromatic heterocycles. The number of nitrogens with two attached hydrogens (primary N) is 1. The molecule has 3 N–H and O–H groups in total. The highest BCUT2D eigenvalue weighted by molar-refractivity contribution is 14.1. The summed E-state index contributed by atoms with van der Waals surface area (Å²) in [4.78, 5) is 15.5. The van der Waals surface area contributed by atoms with Gasteiger partial charge in [0.05, 0.1) is 20.6 Å². The molecule has 0 radical (unpaired) electrons. The highest BCUT2D eigenvalue weighted by Crippen LogP contribution is 2.29. The van der Waals surface area contributed by atoms with Crippen LogP contribution >= 0.6 is 22.6 Å². The molecular formula is C12H12FIN4O. The van der Waals surface area contributed by atoms with Crippen LogP contribution in [0.5, 0.6) is 0 Å². The van der Waals surface area contributed by atoms with Crippen molar-refractivity contribution in [2.45, 2.75) is 18.9 Å². The number of nitrogens with one attached hydrogen (secondary N) is 1. The van der Waals surface area contributed by atoms with Crippen molar-refractivity contribution in [2.75, 3.05) is 12.3 Å². The average Bonchev–Trinajstić information content (AvgIpc) is 2.67. The van der Waals surface area contributed by atoms with E-state index >= 15 is 0 Å². The summed E-state index contributed by atoms with van der Waals surface area (Å²) < 4.78 is 16.0. The van der Waals surface area contributed by atoms with Crippen LogP contribution in [0.1, 0.15) is 18.9 Å². The Hall–Kier alpha value is -1.38. The zero-order chi connectivity index (χ0) is 13.6. The van der Waals surface area contributed by atoms with Gasteiger partial charge in [-0.2, -0.15) is 0 Å². The Morgan fingerprint density at radius 1 is 1.53 bits per heavy atom. The van der Waals surface area contributed by atoms with Crippen LogP contribution in [0, 0.1) is 9.39 Å². The minimum absolute atomic E-state index is 0.0298. The van der Waals surface area contributed by atoms with Gasteiger partial charge in [0.2, 0.25) is 11.9 Å². The van der Waals surface area contributed by atoms with Gasteiger partial charge in [-0.3, -0.25) is 4.79 Å². The summed E-state index contributed by atoms with van der Waals surface area (Å²) >= 11 is 1.93. The number of hydrogen-bond donors (Lipinski definition) is 2. The third kappa shape index (κ3) is 2.15. The number of rotatable bonds is 1. The summed E-state index contributed by atoms with van der Waals surface area (Å²) in [5, 5.41) is 2.80. The average molecular weight is 374 g/mol. The minimum atomic E-state index is -0.283. The normalized spacial score (nSPS) is 19.7. The Bertz CT molecular complexity index is 659. The van der Waals surface area contributed by atoms with Crippen molar-refractivity contribution in [1.82, 2.24) is 14.9 Å². The second kappa shape index (κ2) is 4.62. The quantitative estimate of drug-likeness (QED) is 0.748. The molecule has 1 aliphatic rings. The summed E-state index contributed by atoms with van der Waals surface area (Å²) in [6, 6.07) is 3.17. The largest absolute Gasteiger partial charge is 0.369 e. The highest BCUT2D eigenvalue weighted by Gasteiger charge is 2.23. The van der Waals surface area contributed by atoms with Crippen LogP contribution in [-0.2, 0) is 4.79 Å². The maximum Gasteiger partial charge on any atom is 0.220 e. The fraction of sp³-hybridized carbons (Fsp3) is 0.333. The van der Waals surface area contributed by atoms with Crippen LogP contribution in [0.25, 0.3) is 11.0 Å². The van der Waals surface area contributed by atoms with Crippen LogP contribution < -0.4 is 11.1 Å². The molecule has 1 saturated heterocycles. The number of nitrogens with zero attached hydrogens (tertiary/aromatic N) is 2. The fourth-order valence-electron chi connectivity index (χ4n) is 2.43. The van der Waals surface area contributed by atoms with Crippen molar-refractivity contribution in [3.05, 3.63) is 21.5 Å². The standard InChI is InChI=1S/C12H12FIN4O/c13-7-3-10-9(4-8(7)14)17-12(15)18(10)6-1-2-11(19)16-5-6/h3-4,6H,1-2,5H2,(H2,15,17)(H,16,19). The van der Waals surface area contributed by atoms with Crippen LogP contribution in [0.15, 0.2) is 12.1 Å². The zero-order valence-electron chi connectivity index (χ0n) is 9.99. The summed E-state index contributed by atoms with van der Waals surface area (Å²) in [6.07, 6.45) is 1.14. The van der Waals surface area contributed by atoms with E-state index in [2.05, 4.69) is 10.3 Å². The fourth-order valence-corrected chi connectivity index (χ4v) is 2.88. The number of benzene rings is 1. The van der Waals surface area contributed by atoms with E-state index in [4.69, 9.17) is 5.73 Å². The molecular weight excluding hydrogens is 362 g/mol. The zero-order valence-corrected chi connectivity index (χ0v) is 12.1. The molecule has 19 heavy (non-hydrogen) atoms. The second-order valence-corrected chi connectivity index (χ2v) is 5.75. The molecule has 1 atom stereocenters. The van der Waals surface area contributed by atoms with Crippen LogP contribution in [0.4, 0.5) is 10.3 Å². The SMILES string of the molecule is Nc1nc2cc(I)c(F)cc2n1C1CCC(=O)NC1. The second-order valence-electron chi connectivity index (χ2n) is 4.59. The number of halogens is 2. The lowest BCUT2D eigenvalue weighted by Crippen LogP contribution is -2.36. The first kappa shape index (κ1) is 12.6. The van der Waals surface area contributed by atoms with Gasteiger partial charge in [-0.25, -0.2) is 9.37 Å². The number of carbonyl (C=O) groups is 1. The molecule has 100 valence electrons. The maximum absolute atomic E-state index is 13.7. The van der Waals surface area contributed by atoms with E-state index in [-0.39, 0.29) is 17.8 Å². The smallest absolute Gasteiger partial charge is 0.220 e. The molecule has 0 aliphatic carbocycles. The lowest BCUT2D eigenvalue weighted by molar-refractivity contribution is -0.122. The topological polar surface area (TPSA) is 72.9 Å². The summed E-state index contributed by atoms with van der Waals surface area (Å²) in [5.41, 5.74) is 7.29. The minimum Gasteiger partial charge on any atom is -0.369 e. The third-order valence-corrected chi connectivity index (χ3v) is 4.19. The summed E-state index contributed by atoms with van der Waals surface area (Å²) in [5.74, 6) is 0.117. The van der Waals surface area contributed by atoms with E-state index in [1.807, 2.05) is 27.2 Å². The van der Waals surface area contributed by atoms with Gasteiger partial charge in [-0.15, -0.1) is 0 Å². The number of amides is 1. The van der Waals surface area contributed by atoms with Crippen molar-refractivity contribution < 1.29 is 9.18 Å². The Labute approximate surface area is 122 Å². The lowest BCUT2D eigenvalue weighted by atomic mass is 10.1. The highest BCUT2D eigenvalue weighted by atomic mass is 127. The molecule has 2 heterocycles. The number of hydrogen-bond acceptors (Lipinski definition) is 3. The first-order valence-electron chi connectivity index (χ1n) is 5.95. The van der Waals surface area contributed by atoms with Gasteiger partial charge in [0.25, 0.3) is 0 Å². The number of aromatic nitrogens is 2. The number of imidazole rings is 1. The van der Waals surface area contributed by atoms with Crippen LogP contribution in [-0.4, -0.2) is 22.0 Å². The van der Waals surface area contributed by atoms with E-state index in [0.717, 1.165) is 0 Å². The van der Waals surface area contributed by atoms with E-state index in [9.17, 15) is 9.18 Å². The number of anilines is 1. The molecule has 0 bridgehead atoms. The van der Waals surface area contributed by atoms with Gasteiger partial charge in [0.1, 0.15) is 5.82 Å². The van der Waals surface area contributed by atoms with E-state index in [0.29, 0.717) is 39.9 Å². The number of nitrogen functional groups attached to an aromatic ring is 1. The van der Waals surface area contributed by atoms with Gasteiger partial charge in [-0.05, 0) is 35.1 Å². The van der Waals surface area contributed by atoms with Gasteiger partial charge in [0, 0.05) is 19.0 Å². The van der Waals surface area contributed by atoms with E-state index in [1.54, 1.807) is 6.07 Å². The Morgan fingerprint density at radius 2 is 2.32 bits per heavy atom. The Balaban J connectivity index is 2.10. The Morgan fingerprint density at radius 3 is 3.00 bits per heavy atom.